The van der Waals surface area contributed by atoms with Gasteiger partial charge in [-0.1, -0.05) is 96.3 Å². The Kier molecular flexibility index (Phi) is 2.64. The van der Waals surface area contributed by atoms with Gasteiger partial charge in [0.25, 0.3) is 0 Å². The first-order valence-electron chi connectivity index (χ1n) is 14.8. The van der Waals surface area contributed by atoms with Gasteiger partial charge in [0, 0.05) is 32.2 Å². The van der Waals surface area contributed by atoms with Gasteiger partial charge in [-0.25, -0.2) is 15.0 Å². The lowest BCUT2D eigenvalue weighted by Gasteiger charge is -2.08. The highest BCUT2D eigenvalue weighted by Gasteiger charge is 2.14. The second-order valence-electron chi connectivity index (χ2n) is 6.62. The Balaban J connectivity index is 1.73. The number of thiophene rings is 1. The summed E-state index contributed by atoms with van der Waals surface area (Å²) in [5.41, 5.74) is 0.0102. The highest BCUT2D eigenvalue weighted by Crippen LogP contribution is 2.39. The fourth-order valence-corrected chi connectivity index (χ4v) is 4.44. The average Bonchev–Trinajstić information content (AvgIpc) is 3.42. The van der Waals surface area contributed by atoms with Crippen molar-refractivity contribution in [3.63, 3.8) is 0 Å². The minimum atomic E-state index is -0.591. The predicted molar refractivity (Wildman–Crippen MR) is 134 cm³/mol. The molecular formula is C27H16ClN3S. The topological polar surface area (TPSA) is 38.7 Å². The quantitative estimate of drug-likeness (QED) is 0.269. The number of benzene rings is 4. The number of nitrogens with zero attached hydrogens (tertiary/aromatic N) is 3. The van der Waals surface area contributed by atoms with E-state index in [2.05, 4.69) is 15.0 Å². The summed E-state index contributed by atoms with van der Waals surface area (Å²) in [5, 5.41) is 0.0754. The van der Waals surface area contributed by atoms with Crippen LogP contribution in [-0.2, 0) is 0 Å². The van der Waals surface area contributed by atoms with Gasteiger partial charge in [0.05, 0.1) is 24.8 Å². The Bertz CT molecular complexity index is 2140. The van der Waals surface area contributed by atoms with E-state index in [9.17, 15) is 0 Å². The fourth-order valence-electron chi connectivity index (χ4n) is 3.18. The van der Waals surface area contributed by atoms with E-state index < -0.39 is 42.3 Å². The third-order valence-corrected chi connectivity index (χ3v) is 6.15. The number of hydrogen-bond acceptors (Lipinski definition) is 4. The van der Waals surface area contributed by atoms with Crippen LogP contribution in [-0.4, -0.2) is 15.0 Å². The maximum absolute atomic E-state index is 9.08. The van der Waals surface area contributed by atoms with Gasteiger partial charge in [0.2, 0.25) is 0 Å². The zero-order valence-electron chi connectivity index (χ0n) is 27.0. The van der Waals surface area contributed by atoms with Crippen molar-refractivity contribution in [3.8, 4) is 34.2 Å². The average molecular weight is 461 g/mol. The number of hydrogen-bond donors (Lipinski definition) is 0. The van der Waals surface area contributed by atoms with Gasteiger partial charge >= 0.3 is 0 Å². The third-order valence-electron chi connectivity index (χ3n) is 4.63. The standard InChI is InChI=1S/C27H16ClN3S/c28-22-13-7-12-21-20-15-14-19(16-23(20)32-24(21)22)27-30-25(17-8-3-1-4-9-17)29-26(31-27)18-10-5-2-6-11-18/h1-16H/i1D,3D,4D,7D,8D,9D,12D,13D,14D,15D,16D. The summed E-state index contributed by atoms with van der Waals surface area (Å²) in [7, 11) is 0. The van der Waals surface area contributed by atoms with Crippen LogP contribution in [0.5, 0.6) is 0 Å². The van der Waals surface area contributed by atoms with Crippen molar-refractivity contribution in [3.05, 3.63) is 102 Å². The van der Waals surface area contributed by atoms with Gasteiger partial charge in [-0.15, -0.1) is 11.3 Å². The first-order valence-corrected chi connectivity index (χ1v) is 10.5. The van der Waals surface area contributed by atoms with Crippen LogP contribution < -0.4 is 0 Å². The van der Waals surface area contributed by atoms with E-state index in [-0.39, 0.29) is 78.0 Å². The molecule has 2 aromatic heterocycles. The Labute approximate surface area is 209 Å². The number of halogens is 1. The minimum absolute atomic E-state index is 0.0448. The van der Waals surface area contributed by atoms with Crippen molar-refractivity contribution in [2.24, 2.45) is 0 Å². The summed E-state index contributed by atoms with van der Waals surface area (Å²) in [6, 6.07) is 3.48. The molecule has 0 radical (unpaired) electrons. The van der Waals surface area contributed by atoms with Crippen molar-refractivity contribution >= 4 is 43.1 Å². The zero-order valence-corrected chi connectivity index (χ0v) is 17.6. The van der Waals surface area contributed by atoms with Crippen molar-refractivity contribution in [1.29, 1.82) is 0 Å². The molecular weight excluding hydrogens is 434 g/mol. The molecule has 0 amide bonds. The highest BCUT2D eigenvalue weighted by atomic mass is 35.5. The number of fused-ring (bicyclic) bond motifs is 3. The van der Waals surface area contributed by atoms with E-state index in [0.29, 0.717) is 5.56 Å². The summed E-state index contributed by atoms with van der Waals surface area (Å²) in [4.78, 5) is 13.3. The first-order chi connectivity index (χ1) is 20.3. The molecule has 3 nitrogen and oxygen atoms in total. The summed E-state index contributed by atoms with van der Waals surface area (Å²) in [6.45, 7) is 0. The molecule has 6 rings (SSSR count). The van der Waals surface area contributed by atoms with Crippen LogP contribution in [0.15, 0.2) is 96.8 Å². The fraction of sp³-hybridized carbons (Fsp3) is 0. The molecule has 0 N–H and O–H groups in total. The largest absolute Gasteiger partial charge is 0.208 e. The molecule has 2 heterocycles. The van der Waals surface area contributed by atoms with Crippen LogP contribution in [0.2, 0.25) is 5.02 Å². The molecule has 6 aromatic rings. The Morgan fingerprint density at radius 2 is 1.38 bits per heavy atom. The summed E-state index contributed by atoms with van der Waals surface area (Å²) >= 11 is 7.30. The molecule has 0 unspecified atom stereocenters. The van der Waals surface area contributed by atoms with Crippen molar-refractivity contribution < 1.29 is 15.1 Å². The lowest BCUT2D eigenvalue weighted by molar-refractivity contribution is 1.07. The minimum Gasteiger partial charge on any atom is -0.208 e. The molecule has 0 aliphatic rings. The molecule has 0 spiro atoms. The Morgan fingerprint density at radius 1 is 0.656 bits per heavy atom. The second kappa shape index (κ2) is 7.83. The van der Waals surface area contributed by atoms with Crippen LogP contribution >= 0.6 is 22.9 Å². The molecule has 0 bridgehead atoms. The van der Waals surface area contributed by atoms with Gasteiger partial charge in [0.1, 0.15) is 0 Å². The molecule has 0 saturated carbocycles. The van der Waals surface area contributed by atoms with E-state index in [4.69, 9.17) is 26.7 Å². The maximum atomic E-state index is 9.08. The molecule has 4 aromatic carbocycles. The van der Waals surface area contributed by atoms with Crippen LogP contribution in [0.25, 0.3) is 54.3 Å². The van der Waals surface area contributed by atoms with Crippen LogP contribution in [0, 0.1) is 0 Å². The monoisotopic (exact) mass is 460 g/mol. The van der Waals surface area contributed by atoms with E-state index in [1.165, 1.54) is 0 Å². The Hall–Kier alpha value is -3.60. The van der Waals surface area contributed by atoms with E-state index in [1.807, 2.05) is 0 Å². The van der Waals surface area contributed by atoms with Gasteiger partial charge in [-0.05, 0) is 12.1 Å². The maximum Gasteiger partial charge on any atom is 0.164 e. The molecule has 152 valence electrons. The highest BCUT2D eigenvalue weighted by molar-refractivity contribution is 7.26. The van der Waals surface area contributed by atoms with E-state index in [0.717, 1.165) is 11.3 Å². The predicted octanol–water partition coefficient (Wildman–Crippen LogP) is 7.89. The molecule has 0 fully saturated rings. The van der Waals surface area contributed by atoms with Gasteiger partial charge < -0.3 is 0 Å². The first kappa shape index (κ1) is 10.8. The smallest absolute Gasteiger partial charge is 0.164 e. The SMILES string of the molecule is [2H]c1c([2H])c([2H])c(-c2nc(-c3ccccc3)nc(-c3c([2H])c([2H])c4c(sc5c(Cl)c([2H])c([2H])c([2H])c54)c3[2H])n2)c([2H])c1[2H]. The normalized spacial score (nSPS) is 16.1. The van der Waals surface area contributed by atoms with Gasteiger partial charge in [0.15, 0.2) is 17.5 Å². The molecule has 32 heavy (non-hydrogen) atoms. The van der Waals surface area contributed by atoms with Crippen LogP contribution in [0.1, 0.15) is 15.1 Å². The molecule has 0 aliphatic carbocycles. The van der Waals surface area contributed by atoms with E-state index >= 15 is 0 Å². The van der Waals surface area contributed by atoms with E-state index in [1.54, 1.807) is 30.3 Å². The van der Waals surface area contributed by atoms with Crippen molar-refractivity contribution in [1.82, 2.24) is 15.0 Å². The summed E-state index contributed by atoms with van der Waals surface area (Å²) < 4.78 is 92.9. The molecule has 5 heteroatoms. The summed E-state index contributed by atoms with van der Waals surface area (Å²) in [5.74, 6) is -0.474. The Morgan fingerprint density at radius 3 is 2.16 bits per heavy atom. The lowest BCUT2D eigenvalue weighted by Crippen LogP contribution is -1.99. The molecule has 0 aliphatic heterocycles. The van der Waals surface area contributed by atoms with Crippen LogP contribution in [0.4, 0.5) is 0 Å². The summed E-state index contributed by atoms with van der Waals surface area (Å²) in [6.07, 6.45) is 0. The lowest BCUT2D eigenvalue weighted by atomic mass is 10.1. The molecule has 0 saturated heterocycles. The number of aromatic nitrogens is 3. The zero-order chi connectivity index (χ0) is 31.1. The van der Waals surface area contributed by atoms with Crippen molar-refractivity contribution in [2.75, 3.05) is 0 Å². The van der Waals surface area contributed by atoms with Crippen molar-refractivity contribution in [2.45, 2.75) is 0 Å². The molecule has 0 atom stereocenters. The number of rotatable bonds is 3. The van der Waals surface area contributed by atoms with Crippen LogP contribution in [0.3, 0.4) is 0 Å². The third kappa shape index (κ3) is 3.34. The van der Waals surface area contributed by atoms with Gasteiger partial charge in [-0.2, -0.15) is 0 Å². The second-order valence-corrected chi connectivity index (χ2v) is 8.02. The van der Waals surface area contributed by atoms with Gasteiger partial charge in [-0.3, -0.25) is 0 Å².